The smallest absolute Gasteiger partial charge is 0.220 e. The number of ether oxygens (including phenoxy) is 6. The second kappa shape index (κ2) is 66.2. The van der Waals surface area contributed by atoms with Gasteiger partial charge in [-0.25, -0.2) is 0 Å². The van der Waals surface area contributed by atoms with Crippen molar-refractivity contribution >= 4 is 5.91 Å². The van der Waals surface area contributed by atoms with E-state index in [1.165, 1.54) is 315 Å². The third-order valence-electron chi connectivity index (χ3n) is 22.3. The molecule has 0 radical (unpaired) electrons. The van der Waals surface area contributed by atoms with Gasteiger partial charge in [-0.2, -0.15) is 0 Å². The van der Waals surface area contributed by atoms with E-state index >= 15 is 0 Å². The van der Waals surface area contributed by atoms with Crippen LogP contribution in [0.15, 0.2) is 12.2 Å². The van der Waals surface area contributed by atoms with Gasteiger partial charge in [-0.15, -0.1) is 0 Å². The number of rotatable bonds is 72. The molecule has 17 atom stereocenters. The van der Waals surface area contributed by atoms with Crippen LogP contribution in [0.2, 0.25) is 0 Å². The van der Waals surface area contributed by atoms with Crippen LogP contribution >= 0.6 is 0 Å². The molecule has 104 heavy (non-hydrogen) atoms. The topological polar surface area (TPSA) is 307 Å². The molecule has 3 fully saturated rings. The van der Waals surface area contributed by atoms with Crippen molar-refractivity contribution in [1.29, 1.82) is 0 Å². The summed E-state index contributed by atoms with van der Waals surface area (Å²) in [6, 6.07) is -0.886. The van der Waals surface area contributed by atoms with Gasteiger partial charge >= 0.3 is 0 Å². The average Bonchev–Trinajstić information content (AvgIpc) is 0.783. The summed E-state index contributed by atoms with van der Waals surface area (Å²) >= 11 is 0. The molecule has 3 aliphatic rings. The third kappa shape index (κ3) is 45.1. The maximum Gasteiger partial charge on any atom is 0.220 e. The minimum atomic E-state index is -1.97. The average molecular weight is 1490 g/mol. The third-order valence-corrected chi connectivity index (χ3v) is 22.3. The van der Waals surface area contributed by atoms with E-state index in [4.69, 9.17) is 28.4 Å². The molecule has 12 N–H and O–H groups in total. The molecule has 0 saturated carbocycles. The predicted molar refractivity (Wildman–Crippen MR) is 416 cm³/mol. The predicted octanol–water partition coefficient (Wildman–Crippen LogP) is 15.9. The van der Waals surface area contributed by atoms with Gasteiger partial charge in [0.05, 0.1) is 38.6 Å². The first-order chi connectivity index (χ1) is 50.8. The van der Waals surface area contributed by atoms with Gasteiger partial charge in [0.2, 0.25) is 5.91 Å². The molecule has 0 spiro atoms. The number of nitrogens with one attached hydrogen (secondary N) is 1. The fourth-order valence-electron chi connectivity index (χ4n) is 15.3. The monoisotopic (exact) mass is 1490 g/mol. The van der Waals surface area contributed by atoms with Crippen molar-refractivity contribution < 1.29 is 89.4 Å². The van der Waals surface area contributed by atoms with Gasteiger partial charge in [-0.1, -0.05) is 360 Å². The lowest BCUT2D eigenvalue weighted by atomic mass is 9.96. The molecule has 3 aliphatic heterocycles. The van der Waals surface area contributed by atoms with E-state index < -0.39 is 124 Å². The Morgan fingerprint density at radius 2 is 0.606 bits per heavy atom. The molecule has 1 amide bonds. The van der Waals surface area contributed by atoms with Gasteiger partial charge in [0.25, 0.3) is 0 Å². The number of aliphatic hydroxyl groups is 11. The summed E-state index contributed by atoms with van der Waals surface area (Å²) in [7, 11) is 0. The number of unbranched alkanes of at least 4 members (excludes halogenated alkanes) is 54. The summed E-state index contributed by atoms with van der Waals surface area (Å²) in [5, 5.41) is 121. The Kier molecular flexibility index (Phi) is 61.5. The molecular formula is C85H163NO18. The van der Waals surface area contributed by atoms with E-state index in [0.717, 1.165) is 44.9 Å². The molecule has 0 aromatic heterocycles. The second-order valence-electron chi connectivity index (χ2n) is 31.7. The van der Waals surface area contributed by atoms with Crippen LogP contribution in [0.4, 0.5) is 0 Å². The minimum Gasteiger partial charge on any atom is -0.394 e. The summed E-state index contributed by atoms with van der Waals surface area (Å²) in [6.07, 6.45) is 53.2. The van der Waals surface area contributed by atoms with Crippen LogP contribution in [-0.2, 0) is 33.2 Å². The fraction of sp³-hybridized carbons (Fsp3) is 0.965. The highest BCUT2D eigenvalue weighted by molar-refractivity contribution is 5.76. The molecular weight excluding hydrogens is 1320 g/mol. The zero-order valence-electron chi connectivity index (χ0n) is 66.3. The highest BCUT2D eigenvalue weighted by Crippen LogP contribution is 2.34. The largest absolute Gasteiger partial charge is 0.394 e. The summed E-state index contributed by atoms with van der Waals surface area (Å²) < 4.78 is 34.6. The Bertz CT molecular complexity index is 1920. The van der Waals surface area contributed by atoms with Gasteiger partial charge in [-0.05, 0) is 38.5 Å². The standard InChI is InChI=1S/C85H163NO18/c1-3-5-7-9-11-13-15-17-19-21-23-25-27-29-31-32-33-34-35-37-38-40-42-44-46-48-50-52-54-56-58-60-62-69(90)68(86-73(91)63-61-59-57-55-53-51-49-47-45-43-41-39-36-30-28-26-24-22-20-18-16-14-12-10-8-6-4-2)67-99-83-79(97)76(94)81(71(65-88)101-83)104-85-80(98)77(95)82(72(66-89)102-85)103-84-78(96)75(93)74(92)70(64-87)100-84/h22,24,68-72,74-85,87-90,92-98H,3-21,23,25-67H2,1-2H3,(H,86,91)/b24-22-. The van der Waals surface area contributed by atoms with Gasteiger partial charge in [0.1, 0.15) is 73.2 Å². The molecule has 17 unspecified atom stereocenters. The van der Waals surface area contributed by atoms with Gasteiger partial charge in [0, 0.05) is 6.42 Å². The number of aliphatic hydroxyl groups excluding tert-OH is 11. The zero-order chi connectivity index (χ0) is 75.3. The Morgan fingerprint density at radius 3 is 0.933 bits per heavy atom. The Morgan fingerprint density at radius 1 is 0.337 bits per heavy atom. The fourth-order valence-corrected chi connectivity index (χ4v) is 15.3. The summed E-state index contributed by atoms with van der Waals surface area (Å²) in [5.41, 5.74) is 0. The second-order valence-corrected chi connectivity index (χ2v) is 31.7. The maximum atomic E-state index is 13.5. The highest BCUT2D eigenvalue weighted by atomic mass is 16.8. The summed E-state index contributed by atoms with van der Waals surface area (Å²) in [4.78, 5) is 13.5. The number of hydrogen-bond acceptors (Lipinski definition) is 18. The molecule has 3 heterocycles. The minimum absolute atomic E-state index is 0.234. The molecule has 19 nitrogen and oxygen atoms in total. The molecule has 3 saturated heterocycles. The van der Waals surface area contributed by atoms with Crippen LogP contribution in [-0.4, -0.2) is 193 Å². The maximum absolute atomic E-state index is 13.5. The van der Waals surface area contributed by atoms with Crippen LogP contribution in [0, 0.1) is 0 Å². The van der Waals surface area contributed by atoms with E-state index in [2.05, 4.69) is 31.3 Å². The van der Waals surface area contributed by atoms with Crippen LogP contribution in [0.5, 0.6) is 0 Å². The Labute approximate surface area is 633 Å². The van der Waals surface area contributed by atoms with Crippen molar-refractivity contribution in [2.75, 3.05) is 26.4 Å². The van der Waals surface area contributed by atoms with Crippen LogP contribution < -0.4 is 5.32 Å². The van der Waals surface area contributed by atoms with Crippen LogP contribution in [0.1, 0.15) is 393 Å². The number of allylic oxidation sites excluding steroid dienone is 2. The van der Waals surface area contributed by atoms with Crippen LogP contribution in [0.25, 0.3) is 0 Å². The Hall–Kier alpha value is -1.47. The SMILES string of the molecule is CCCCCCCCCC/C=C\CCCCCCCCCCCCCCCCCC(=O)NC(COC1OC(CO)C(OC2OC(CO)C(OC3OC(CO)C(O)C(O)C3O)C(O)C2O)C(O)C1O)C(O)CCCCCCCCCCCCCCCCCCCCCCCCCCCCCCCCCC. The number of amides is 1. The van der Waals surface area contributed by atoms with Gasteiger partial charge in [-0.3, -0.25) is 4.79 Å². The van der Waals surface area contributed by atoms with Gasteiger partial charge < -0.3 is 89.9 Å². The van der Waals surface area contributed by atoms with E-state index in [9.17, 15) is 61.0 Å². The van der Waals surface area contributed by atoms with Crippen molar-refractivity contribution in [2.24, 2.45) is 0 Å². The lowest BCUT2D eigenvalue weighted by Gasteiger charge is -2.48. The van der Waals surface area contributed by atoms with Crippen LogP contribution in [0.3, 0.4) is 0 Å². The summed E-state index contributed by atoms with van der Waals surface area (Å²) in [6.45, 7) is 1.88. The van der Waals surface area contributed by atoms with Crippen molar-refractivity contribution in [3.05, 3.63) is 12.2 Å². The first-order valence-corrected chi connectivity index (χ1v) is 43.9. The normalized spacial score (nSPS) is 25.9. The zero-order valence-corrected chi connectivity index (χ0v) is 66.3. The molecule has 3 rings (SSSR count). The van der Waals surface area contributed by atoms with E-state index in [1.54, 1.807) is 0 Å². The lowest BCUT2D eigenvalue weighted by Crippen LogP contribution is -2.66. The molecule has 0 aliphatic carbocycles. The number of hydrogen-bond donors (Lipinski definition) is 12. The molecule has 0 bridgehead atoms. The van der Waals surface area contributed by atoms with E-state index in [-0.39, 0.29) is 18.9 Å². The van der Waals surface area contributed by atoms with Gasteiger partial charge in [0.15, 0.2) is 18.9 Å². The van der Waals surface area contributed by atoms with Crippen molar-refractivity contribution in [3.63, 3.8) is 0 Å². The number of carbonyl (C=O) groups is 1. The van der Waals surface area contributed by atoms with E-state index in [0.29, 0.717) is 12.8 Å². The quantitative estimate of drug-likeness (QED) is 0.0199. The van der Waals surface area contributed by atoms with E-state index in [1.807, 2.05) is 0 Å². The van der Waals surface area contributed by atoms with Crippen molar-refractivity contribution in [2.45, 2.75) is 497 Å². The van der Waals surface area contributed by atoms with Crippen molar-refractivity contribution in [1.82, 2.24) is 5.32 Å². The molecule has 0 aromatic rings. The highest BCUT2D eigenvalue weighted by Gasteiger charge is 2.54. The summed E-state index contributed by atoms with van der Waals surface area (Å²) in [5.74, 6) is -0.234. The lowest BCUT2D eigenvalue weighted by molar-refractivity contribution is -0.379. The number of carbonyl (C=O) groups excluding carboxylic acids is 1. The Balaban J connectivity index is 1.33. The first kappa shape index (κ1) is 96.7. The van der Waals surface area contributed by atoms with Crippen molar-refractivity contribution in [3.8, 4) is 0 Å². The molecule has 0 aromatic carbocycles. The first-order valence-electron chi connectivity index (χ1n) is 43.9. The molecule has 19 heteroatoms. The molecule has 616 valence electrons.